The summed E-state index contributed by atoms with van der Waals surface area (Å²) < 4.78 is 41.0. The molecule has 3 rings (SSSR count). The molecule has 1 aliphatic rings. The van der Waals surface area contributed by atoms with E-state index in [1.165, 1.54) is 0 Å². The molecule has 110 valence electrons. The average molecular weight is 311 g/mol. The lowest BCUT2D eigenvalue weighted by atomic mass is 10.1. The molecule has 1 aliphatic heterocycles. The number of nitrogens with one attached hydrogen (secondary N) is 1. The fourth-order valence-corrected chi connectivity index (χ4v) is 2.65. The van der Waals surface area contributed by atoms with Crippen LogP contribution in [0.15, 0.2) is 18.3 Å². The number of rotatable bonds is 2. The van der Waals surface area contributed by atoms with Crippen LogP contribution in [0.5, 0.6) is 0 Å². The molecular weight excluding hydrogens is 299 g/mol. The summed E-state index contributed by atoms with van der Waals surface area (Å²) in [6, 6.07) is 1.74. The van der Waals surface area contributed by atoms with Gasteiger partial charge in [-0.05, 0) is 24.4 Å². The van der Waals surface area contributed by atoms with Gasteiger partial charge in [0.05, 0.1) is 0 Å². The predicted octanol–water partition coefficient (Wildman–Crippen LogP) is 3.11. The Hall–Kier alpha value is -1.73. The molecule has 7 heteroatoms. The van der Waals surface area contributed by atoms with Crippen molar-refractivity contribution in [2.45, 2.75) is 19.5 Å². The molecule has 0 saturated heterocycles. The van der Waals surface area contributed by atoms with Crippen molar-refractivity contribution in [3.05, 3.63) is 57.4 Å². The Balaban J connectivity index is 1.83. The van der Waals surface area contributed by atoms with Crippen LogP contribution in [0, 0.1) is 22.2 Å². The molecule has 0 fully saturated rings. The Morgan fingerprint density at radius 1 is 1.24 bits per heavy atom. The fraction of sp³-hybridized carbons (Fsp3) is 0.286. The van der Waals surface area contributed by atoms with Gasteiger partial charge in [-0.2, -0.15) is 0 Å². The maximum Gasteiger partial charge on any atom is 0.196 e. The molecule has 0 aliphatic carbocycles. The second-order valence-electron chi connectivity index (χ2n) is 4.97. The largest absolute Gasteiger partial charge is 0.334 e. The molecule has 1 aromatic carbocycles. The molecule has 0 saturated carbocycles. The maximum absolute atomic E-state index is 13.7. The van der Waals surface area contributed by atoms with Crippen LogP contribution in [0.25, 0.3) is 0 Å². The molecule has 0 atom stereocenters. The molecule has 2 aromatic rings. The van der Waals surface area contributed by atoms with E-state index in [2.05, 4.69) is 9.97 Å². The highest BCUT2D eigenvalue weighted by Gasteiger charge is 2.21. The first-order valence-electron chi connectivity index (χ1n) is 6.46. The van der Waals surface area contributed by atoms with Crippen molar-refractivity contribution in [3.8, 4) is 0 Å². The number of aromatic nitrogens is 2. The van der Waals surface area contributed by atoms with Gasteiger partial charge in [-0.3, -0.25) is 4.90 Å². The van der Waals surface area contributed by atoms with Crippen molar-refractivity contribution in [2.75, 3.05) is 6.54 Å². The van der Waals surface area contributed by atoms with Crippen molar-refractivity contribution in [1.29, 1.82) is 0 Å². The Bertz CT molecular complexity index is 745. The van der Waals surface area contributed by atoms with Crippen molar-refractivity contribution >= 4 is 12.2 Å². The molecule has 2 heterocycles. The molecular formula is C14H12F3N3S. The molecule has 1 N–H and O–H groups in total. The van der Waals surface area contributed by atoms with Gasteiger partial charge < -0.3 is 4.98 Å². The summed E-state index contributed by atoms with van der Waals surface area (Å²) >= 11 is 4.96. The van der Waals surface area contributed by atoms with Gasteiger partial charge in [-0.15, -0.1) is 0 Å². The Morgan fingerprint density at radius 2 is 2.00 bits per heavy atom. The van der Waals surface area contributed by atoms with E-state index in [0.717, 1.165) is 23.4 Å². The second-order valence-corrected chi connectivity index (χ2v) is 5.36. The Kier molecular flexibility index (Phi) is 3.77. The van der Waals surface area contributed by atoms with E-state index in [0.29, 0.717) is 24.3 Å². The SMILES string of the molecule is Fc1ccc(F)c(CN2CCc3[nH]c(=S)ncc3C2)c1F. The van der Waals surface area contributed by atoms with Crippen molar-refractivity contribution in [1.82, 2.24) is 14.9 Å². The number of fused-ring (bicyclic) bond motifs is 1. The van der Waals surface area contributed by atoms with Crippen LogP contribution in [0.2, 0.25) is 0 Å². The summed E-state index contributed by atoms with van der Waals surface area (Å²) in [6.45, 7) is 1.12. The zero-order valence-corrected chi connectivity index (χ0v) is 11.8. The van der Waals surface area contributed by atoms with Gasteiger partial charge >= 0.3 is 0 Å². The molecule has 21 heavy (non-hydrogen) atoms. The van der Waals surface area contributed by atoms with Crippen molar-refractivity contribution in [2.24, 2.45) is 0 Å². The van der Waals surface area contributed by atoms with E-state index in [9.17, 15) is 13.2 Å². The van der Waals surface area contributed by atoms with E-state index in [-0.39, 0.29) is 12.1 Å². The zero-order valence-electron chi connectivity index (χ0n) is 11.0. The number of hydrogen-bond donors (Lipinski definition) is 1. The number of hydrogen-bond acceptors (Lipinski definition) is 3. The van der Waals surface area contributed by atoms with Crippen LogP contribution in [0.1, 0.15) is 16.8 Å². The van der Waals surface area contributed by atoms with Crippen LogP contribution in [-0.2, 0) is 19.5 Å². The van der Waals surface area contributed by atoms with Crippen LogP contribution < -0.4 is 0 Å². The first-order chi connectivity index (χ1) is 10.0. The van der Waals surface area contributed by atoms with Gasteiger partial charge in [0.1, 0.15) is 5.82 Å². The summed E-state index contributed by atoms with van der Waals surface area (Å²) in [5.41, 5.74) is 1.69. The van der Waals surface area contributed by atoms with Crippen LogP contribution in [0.4, 0.5) is 13.2 Å². The normalized spacial score (nSPS) is 15.0. The summed E-state index contributed by atoms with van der Waals surface area (Å²) in [4.78, 5) is 8.87. The minimum Gasteiger partial charge on any atom is -0.334 e. The van der Waals surface area contributed by atoms with Gasteiger partial charge in [0.15, 0.2) is 16.4 Å². The predicted molar refractivity (Wildman–Crippen MR) is 73.6 cm³/mol. The fourth-order valence-electron chi connectivity index (χ4n) is 2.48. The standard InChI is InChI=1S/C14H12F3N3S/c15-10-1-2-11(16)13(17)9(10)7-20-4-3-12-8(6-20)5-18-14(21)19-12/h1-2,5H,3-4,6-7H2,(H,18,19,21). The quantitative estimate of drug-likeness (QED) is 0.683. The number of benzene rings is 1. The lowest BCUT2D eigenvalue weighted by Crippen LogP contribution is -2.31. The van der Waals surface area contributed by atoms with E-state index in [1.807, 2.05) is 4.90 Å². The minimum atomic E-state index is -1.12. The van der Waals surface area contributed by atoms with Crippen molar-refractivity contribution < 1.29 is 13.2 Å². The third-order valence-corrected chi connectivity index (χ3v) is 3.78. The molecule has 0 radical (unpaired) electrons. The summed E-state index contributed by atoms with van der Waals surface area (Å²) in [6.07, 6.45) is 2.35. The van der Waals surface area contributed by atoms with E-state index >= 15 is 0 Å². The maximum atomic E-state index is 13.7. The van der Waals surface area contributed by atoms with Gasteiger partial charge in [0.2, 0.25) is 0 Å². The van der Waals surface area contributed by atoms with Crippen molar-refractivity contribution in [3.63, 3.8) is 0 Å². The van der Waals surface area contributed by atoms with E-state index < -0.39 is 17.5 Å². The number of halogens is 3. The molecule has 0 spiro atoms. The Labute approximate surface area is 124 Å². The molecule has 0 unspecified atom stereocenters. The molecule has 3 nitrogen and oxygen atoms in total. The van der Waals surface area contributed by atoms with Gasteiger partial charge in [0, 0.05) is 49.1 Å². The lowest BCUT2D eigenvalue weighted by molar-refractivity contribution is 0.234. The number of H-pyrrole nitrogens is 1. The van der Waals surface area contributed by atoms with E-state index in [4.69, 9.17) is 12.2 Å². The molecule has 0 amide bonds. The van der Waals surface area contributed by atoms with Crippen LogP contribution in [-0.4, -0.2) is 21.4 Å². The van der Waals surface area contributed by atoms with Gasteiger partial charge in [-0.25, -0.2) is 18.2 Å². The summed E-state index contributed by atoms with van der Waals surface area (Å²) in [5.74, 6) is -2.88. The third kappa shape index (κ3) is 2.84. The highest BCUT2D eigenvalue weighted by atomic mass is 32.1. The first kappa shape index (κ1) is 14.2. The monoisotopic (exact) mass is 311 g/mol. The second kappa shape index (κ2) is 5.57. The smallest absolute Gasteiger partial charge is 0.196 e. The highest BCUT2D eigenvalue weighted by molar-refractivity contribution is 7.71. The summed E-state index contributed by atoms with van der Waals surface area (Å²) in [7, 11) is 0. The highest BCUT2D eigenvalue weighted by Crippen LogP contribution is 2.22. The lowest BCUT2D eigenvalue weighted by Gasteiger charge is -2.28. The van der Waals surface area contributed by atoms with Gasteiger partial charge in [0.25, 0.3) is 0 Å². The number of aromatic amines is 1. The van der Waals surface area contributed by atoms with Crippen LogP contribution >= 0.6 is 12.2 Å². The third-order valence-electron chi connectivity index (χ3n) is 3.58. The molecule has 0 bridgehead atoms. The molecule has 1 aromatic heterocycles. The summed E-state index contributed by atoms with van der Waals surface area (Å²) in [5, 5.41) is 0. The van der Waals surface area contributed by atoms with Crippen LogP contribution in [0.3, 0.4) is 0 Å². The Morgan fingerprint density at radius 3 is 2.81 bits per heavy atom. The number of nitrogens with zero attached hydrogens (tertiary/aromatic N) is 2. The minimum absolute atomic E-state index is 0.0183. The zero-order chi connectivity index (χ0) is 15.0. The van der Waals surface area contributed by atoms with Gasteiger partial charge in [-0.1, -0.05) is 0 Å². The first-order valence-corrected chi connectivity index (χ1v) is 6.87. The average Bonchev–Trinajstić information content (AvgIpc) is 2.48. The van der Waals surface area contributed by atoms with E-state index in [1.54, 1.807) is 6.20 Å². The topological polar surface area (TPSA) is 31.9 Å².